The third kappa shape index (κ3) is 5.07. The second-order valence-corrected chi connectivity index (χ2v) is 8.58. The topological polar surface area (TPSA) is 0 Å². The van der Waals surface area contributed by atoms with Crippen molar-refractivity contribution in [1.29, 1.82) is 0 Å². The Hall–Kier alpha value is -2.99. The van der Waals surface area contributed by atoms with Crippen molar-refractivity contribution in [2.24, 2.45) is 0 Å². The maximum atomic E-state index is 15.1. The molecule has 1 unspecified atom stereocenters. The summed E-state index contributed by atoms with van der Waals surface area (Å²) in [7, 11) is 0. The third-order valence-electron chi connectivity index (χ3n) is 6.33. The summed E-state index contributed by atoms with van der Waals surface area (Å²) in [4.78, 5) is 0. The molecule has 0 bridgehead atoms. The molecule has 1 aliphatic rings. The zero-order chi connectivity index (χ0) is 22.5. The van der Waals surface area contributed by atoms with Crippen LogP contribution >= 0.6 is 0 Å². The highest BCUT2D eigenvalue weighted by Crippen LogP contribution is 2.34. The minimum atomic E-state index is -0.956. The Morgan fingerprint density at radius 1 is 0.875 bits per heavy atom. The van der Waals surface area contributed by atoms with Crippen LogP contribution in [-0.2, 0) is 19.3 Å². The minimum absolute atomic E-state index is 0.290. The number of unbranched alkanes of at least 4 members (excludes halogenated alkanes) is 2. The predicted octanol–water partition coefficient (Wildman–Crippen LogP) is 7.51. The van der Waals surface area contributed by atoms with Crippen molar-refractivity contribution in [3.8, 4) is 11.8 Å². The number of fused-ring (bicyclic) bond motifs is 1. The van der Waals surface area contributed by atoms with Gasteiger partial charge in [-0.2, -0.15) is 0 Å². The molecule has 0 saturated heterocycles. The molecule has 3 aromatic rings. The molecule has 1 atom stereocenters. The van der Waals surface area contributed by atoms with E-state index >= 15 is 4.39 Å². The van der Waals surface area contributed by atoms with Crippen LogP contribution in [0.4, 0.5) is 13.2 Å². The lowest BCUT2D eigenvalue weighted by Gasteiger charge is -2.26. The van der Waals surface area contributed by atoms with Crippen LogP contribution in [0.15, 0.2) is 54.6 Å². The molecule has 3 heteroatoms. The van der Waals surface area contributed by atoms with Gasteiger partial charge in [0.25, 0.3) is 0 Å². The van der Waals surface area contributed by atoms with E-state index in [4.69, 9.17) is 0 Å². The molecule has 0 spiro atoms. The summed E-state index contributed by atoms with van der Waals surface area (Å²) in [5.74, 6) is 3.75. The molecular formula is C29H27F3. The van der Waals surface area contributed by atoms with Crippen molar-refractivity contribution >= 4 is 0 Å². The minimum Gasteiger partial charge on any atom is -0.205 e. The summed E-state index contributed by atoms with van der Waals surface area (Å²) in [5, 5.41) is 0. The van der Waals surface area contributed by atoms with Crippen LogP contribution < -0.4 is 0 Å². The number of halogens is 3. The van der Waals surface area contributed by atoms with Crippen LogP contribution in [0.2, 0.25) is 0 Å². The number of hydrogen-bond donors (Lipinski definition) is 0. The molecule has 0 saturated carbocycles. The lowest BCUT2D eigenvalue weighted by Crippen LogP contribution is -2.15. The second-order valence-electron chi connectivity index (χ2n) is 8.58. The molecule has 0 N–H and O–H groups in total. The van der Waals surface area contributed by atoms with Crippen LogP contribution in [0.3, 0.4) is 0 Å². The Morgan fingerprint density at radius 2 is 1.69 bits per heavy atom. The van der Waals surface area contributed by atoms with Gasteiger partial charge in [-0.05, 0) is 84.5 Å². The Morgan fingerprint density at radius 3 is 2.44 bits per heavy atom. The fourth-order valence-corrected chi connectivity index (χ4v) is 4.44. The van der Waals surface area contributed by atoms with Gasteiger partial charge in [-0.25, -0.2) is 13.2 Å². The average Bonchev–Trinajstić information content (AvgIpc) is 2.81. The SMILES string of the molecule is CCCCCc1ccc(C2CCc3c(ccc(C#Cc4ccc(F)c(F)c4)c3F)C2)cc1. The first kappa shape index (κ1) is 22.2. The van der Waals surface area contributed by atoms with E-state index in [-0.39, 0.29) is 5.82 Å². The zero-order valence-corrected chi connectivity index (χ0v) is 18.4. The molecule has 164 valence electrons. The van der Waals surface area contributed by atoms with E-state index in [1.54, 1.807) is 6.07 Å². The van der Waals surface area contributed by atoms with Gasteiger partial charge in [-0.3, -0.25) is 0 Å². The Balaban J connectivity index is 1.48. The van der Waals surface area contributed by atoms with Gasteiger partial charge in [0.1, 0.15) is 5.82 Å². The average molecular weight is 433 g/mol. The van der Waals surface area contributed by atoms with Crippen LogP contribution in [0.25, 0.3) is 0 Å². The second kappa shape index (κ2) is 10.1. The van der Waals surface area contributed by atoms with Gasteiger partial charge in [0.15, 0.2) is 11.6 Å². The number of aryl methyl sites for hydroxylation is 1. The highest BCUT2D eigenvalue weighted by molar-refractivity contribution is 5.48. The summed E-state index contributed by atoms with van der Waals surface area (Å²) in [6.45, 7) is 2.22. The van der Waals surface area contributed by atoms with Gasteiger partial charge in [0, 0.05) is 5.56 Å². The summed E-state index contributed by atoms with van der Waals surface area (Å²) >= 11 is 0. The lowest BCUT2D eigenvalue weighted by atomic mass is 9.79. The molecule has 0 fully saturated rings. The van der Waals surface area contributed by atoms with E-state index in [9.17, 15) is 8.78 Å². The van der Waals surface area contributed by atoms with Crippen molar-refractivity contribution in [3.05, 3.63) is 105 Å². The van der Waals surface area contributed by atoms with E-state index in [0.717, 1.165) is 42.5 Å². The van der Waals surface area contributed by atoms with Gasteiger partial charge in [-0.15, -0.1) is 0 Å². The molecule has 32 heavy (non-hydrogen) atoms. The van der Waals surface area contributed by atoms with E-state index in [2.05, 4.69) is 43.0 Å². The molecule has 0 heterocycles. The molecule has 0 nitrogen and oxygen atoms in total. The molecule has 1 aliphatic carbocycles. The van der Waals surface area contributed by atoms with Crippen LogP contribution in [0, 0.1) is 29.3 Å². The zero-order valence-electron chi connectivity index (χ0n) is 18.4. The van der Waals surface area contributed by atoms with E-state index < -0.39 is 11.6 Å². The van der Waals surface area contributed by atoms with E-state index in [1.165, 1.54) is 36.5 Å². The quantitative estimate of drug-likeness (QED) is 0.289. The fourth-order valence-electron chi connectivity index (χ4n) is 4.44. The predicted molar refractivity (Wildman–Crippen MR) is 123 cm³/mol. The van der Waals surface area contributed by atoms with Crippen LogP contribution in [0.5, 0.6) is 0 Å². The Bertz CT molecular complexity index is 1150. The van der Waals surface area contributed by atoms with Crippen molar-refractivity contribution < 1.29 is 13.2 Å². The molecule has 0 aromatic heterocycles. The monoisotopic (exact) mass is 432 g/mol. The molecular weight excluding hydrogens is 405 g/mol. The Kier molecular flexibility index (Phi) is 7.00. The largest absolute Gasteiger partial charge is 0.205 e. The Labute approximate surface area is 188 Å². The van der Waals surface area contributed by atoms with Gasteiger partial charge < -0.3 is 0 Å². The van der Waals surface area contributed by atoms with Crippen LogP contribution in [0.1, 0.15) is 71.9 Å². The first-order valence-corrected chi connectivity index (χ1v) is 11.4. The van der Waals surface area contributed by atoms with E-state index in [0.29, 0.717) is 23.5 Å². The van der Waals surface area contributed by atoms with Gasteiger partial charge in [0.2, 0.25) is 0 Å². The first-order chi connectivity index (χ1) is 15.5. The van der Waals surface area contributed by atoms with Crippen LogP contribution in [-0.4, -0.2) is 0 Å². The van der Waals surface area contributed by atoms with Gasteiger partial charge in [0.05, 0.1) is 5.56 Å². The molecule has 0 radical (unpaired) electrons. The van der Waals surface area contributed by atoms with Crippen molar-refractivity contribution in [3.63, 3.8) is 0 Å². The highest BCUT2D eigenvalue weighted by Gasteiger charge is 2.23. The normalized spacial score (nSPS) is 15.1. The van der Waals surface area contributed by atoms with Crippen molar-refractivity contribution in [2.75, 3.05) is 0 Å². The summed E-state index contributed by atoms with van der Waals surface area (Å²) < 4.78 is 41.5. The van der Waals surface area contributed by atoms with Gasteiger partial charge >= 0.3 is 0 Å². The van der Waals surface area contributed by atoms with E-state index in [1.807, 2.05) is 6.07 Å². The number of hydrogen-bond acceptors (Lipinski definition) is 0. The molecule has 0 amide bonds. The smallest absolute Gasteiger partial charge is 0.160 e. The van der Waals surface area contributed by atoms with Gasteiger partial charge in [-0.1, -0.05) is 61.9 Å². The van der Waals surface area contributed by atoms with Crippen molar-refractivity contribution in [1.82, 2.24) is 0 Å². The molecule has 4 rings (SSSR count). The number of benzene rings is 3. The molecule has 0 aliphatic heterocycles. The van der Waals surface area contributed by atoms with Crippen molar-refractivity contribution in [2.45, 2.75) is 57.8 Å². The number of rotatable bonds is 5. The maximum absolute atomic E-state index is 15.1. The lowest BCUT2D eigenvalue weighted by molar-refractivity contribution is 0.508. The summed E-state index contributed by atoms with van der Waals surface area (Å²) in [6.07, 6.45) is 7.24. The maximum Gasteiger partial charge on any atom is 0.160 e. The first-order valence-electron chi connectivity index (χ1n) is 11.4. The molecule has 3 aromatic carbocycles. The summed E-state index contributed by atoms with van der Waals surface area (Å²) in [5.41, 5.74) is 5.08. The fraction of sp³-hybridized carbons (Fsp3) is 0.310. The highest BCUT2D eigenvalue weighted by atomic mass is 19.2. The third-order valence-corrected chi connectivity index (χ3v) is 6.33. The standard InChI is InChI=1S/C29H27F3/c1-2-3-4-5-20-6-10-22(11-7-20)24-15-16-26-25(19-24)14-13-23(29(26)32)12-8-21-9-17-27(30)28(31)18-21/h6-7,9-11,13-14,17-18,24H,2-5,15-16,19H2,1H3. The summed E-state index contributed by atoms with van der Waals surface area (Å²) in [6, 6.07) is 16.0.